The molecule has 2 N–H and O–H groups in total. The van der Waals surface area contributed by atoms with Gasteiger partial charge in [0.05, 0.1) is 29.7 Å². The first-order valence-electron chi connectivity index (χ1n) is 8.03. The van der Waals surface area contributed by atoms with Crippen molar-refractivity contribution in [1.82, 2.24) is 24.8 Å². The van der Waals surface area contributed by atoms with E-state index < -0.39 is 0 Å². The van der Waals surface area contributed by atoms with Gasteiger partial charge in [0.15, 0.2) is 0 Å². The number of aromatic amines is 1. The van der Waals surface area contributed by atoms with E-state index in [0.29, 0.717) is 5.56 Å². The zero-order chi connectivity index (χ0) is 17.2. The van der Waals surface area contributed by atoms with Crippen molar-refractivity contribution in [2.75, 3.05) is 0 Å². The summed E-state index contributed by atoms with van der Waals surface area (Å²) in [6, 6.07) is 13.4. The lowest BCUT2D eigenvalue weighted by atomic mass is 10.1. The van der Waals surface area contributed by atoms with Crippen molar-refractivity contribution in [3.8, 4) is 5.69 Å². The Morgan fingerprint density at radius 2 is 2.04 bits per heavy atom. The third-order valence-corrected chi connectivity index (χ3v) is 4.23. The lowest BCUT2D eigenvalue weighted by Crippen LogP contribution is -2.26. The number of imidazole rings is 2. The molecular formula is C19H17N5O. The standard InChI is InChI=1S/C19H17N5O/c1-13(14-2-5-16(6-3-14)24-9-8-20-12-24)23-19(25)15-4-7-17-18(10-15)22-11-21-17/h2-13H,1H3,(H,21,22)(H,23,25)/t13-/m1/s1. The summed E-state index contributed by atoms with van der Waals surface area (Å²) in [6.45, 7) is 1.97. The van der Waals surface area contributed by atoms with Gasteiger partial charge in [-0.3, -0.25) is 4.79 Å². The molecule has 1 amide bonds. The van der Waals surface area contributed by atoms with E-state index in [9.17, 15) is 4.79 Å². The molecule has 0 spiro atoms. The van der Waals surface area contributed by atoms with Crippen molar-refractivity contribution in [3.05, 3.63) is 78.6 Å². The minimum Gasteiger partial charge on any atom is -0.346 e. The quantitative estimate of drug-likeness (QED) is 0.603. The van der Waals surface area contributed by atoms with Gasteiger partial charge in [0.1, 0.15) is 0 Å². The number of nitrogens with one attached hydrogen (secondary N) is 2. The second-order valence-corrected chi connectivity index (χ2v) is 5.89. The number of amides is 1. The Labute approximate surface area is 144 Å². The van der Waals surface area contributed by atoms with Crippen molar-refractivity contribution in [3.63, 3.8) is 0 Å². The maximum Gasteiger partial charge on any atom is 0.251 e. The number of carbonyl (C=O) groups is 1. The molecule has 4 aromatic rings. The van der Waals surface area contributed by atoms with Crippen LogP contribution in [0.25, 0.3) is 16.7 Å². The molecule has 0 radical (unpaired) electrons. The summed E-state index contributed by atoms with van der Waals surface area (Å²) in [7, 11) is 0. The monoisotopic (exact) mass is 331 g/mol. The summed E-state index contributed by atoms with van der Waals surface area (Å²) in [6.07, 6.45) is 7.02. The van der Waals surface area contributed by atoms with Crippen LogP contribution in [0.4, 0.5) is 0 Å². The Balaban J connectivity index is 1.49. The van der Waals surface area contributed by atoms with Crippen molar-refractivity contribution >= 4 is 16.9 Å². The van der Waals surface area contributed by atoms with Crippen LogP contribution in [0.1, 0.15) is 28.9 Å². The lowest BCUT2D eigenvalue weighted by Gasteiger charge is -2.15. The van der Waals surface area contributed by atoms with Crippen molar-refractivity contribution in [2.24, 2.45) is 0 Å². The van der Waals surface area contributed by atoms with Gasteiger partial charge in [-0.15, -0.1) is 0 Å². The Hall–Kier alpha value is -3.41. The molecule has 0 fully saturated rings. The first-order valence-corrected chi connectivity index (χ1v) is 8.03. The third kappa shape index (κ3) is 3.01. The molecule has 4 rings (SSSR count). The highest BCUT2D eigenvalue weighted by molar-refractivity contribution is 5.97. The van der Waals surface area contributed by atoms with Gasteiger partial charge in [-0.1, -0.05) is 12.1 Å². The van der Waals surface area contributed by atoms with E-state index in [0.717, 1.165) is 22.3 Å². The zero-order valence-electron chi connectivity index (χ0n) is 13.7. The van der Waals surface area contributed by atoms with Crippen molar-refractivity contribution in [1.29, 1.82) is 0 Å². The van der Waals surface area contributed by atoms with Crippen molar-refractivity contribution in [2.45, 2.75) is 13.0 Å². The average Bonchev–Trinajstić information content (AvgIpc) is 3.32. The molecule has 2 heterocycles. The number of hydrogen-bond donors (Lipinski definition) is 2. The molecule has 2 aromatic heterocycles. The Bertz CT molecular complexity index is 1000. The molecule has 25 heavy (non-hydrogen) atoms. The van der Waals surface area contributed by atoms with E-state index in [-0.39, 0.29) is 11.9 Å². The smallest absolute Gasteiger partial charge is 0.251 e. The normalized spacial score (nSPS) is 12.2. The van der Waals surface area contributed by atoms with Gasteiger partial charge < -0.3 is 14.9 Å². The average molecular weight is 331 g/mol. The van der Waals surface area contributed by atoms with Crippen LogP contribution >= 0.6 is 0 Å². The predicted octanol–water partition coefficient (Wildman–Crippen LogP) is 3.24. The number of hydrogen-bond acceptors (Lipinski definition) is 3. The van der Waals surface area contributed by atoms with Gasteiger partial charge in [-0.25, -0.2) is 9.97 Å². The van der Waals surface area contributed by atoms with Crippen molar-refractivity contribution < 1.29 is 4.79 Å². The van der Waals surface area contributed by atoms with Crippen LogP contribution in [-0.4, -0.2) is 25.4 Å². The highest BCUT2D eigenvalue weighted by atomic mass is 16.1. The second kappa shape index (κ2) is 6.24. The molecule has 6 heteroatoms. The number of fused-ring (bicyclic) bond motifs is 1. The molecular weight excluding hydrogens is 314 g/mol. The molecule has 0 aliphatic rings. The second-order valence-electron chi connectivity index (χ2n) is 5.89. The molecule has 0 aliphatic heterocycles. The molecule has 0 saturated carbocycles. The highest BCUT2D eigenvalue weighted by Crippen LogP contribution is 2.17. The zero-order valence-corrected chi connectivity index (χ0v) is 13.7. The van der Waals surface area contributed by atoms with Crippen LogP contribution in [0.2, 0.25) is 0 Å². The summed E-state index contributed by atoms with van der Waals surface area (Å²) in [5.41, 5.74) is 4.38. The first kappa shape index (κ1) is 15.1. The number of rotatable bonds is 4. The summed E-state index contributed by atoms with van der Waals surface area (Å²) in [5.74, 6) is -0.109. The summed E-state index contributed by atoms with van der Waals surface area (Å²) >= 11 is 0. The minimum atomic E-state index is -0.109. The van der Waals surface area contributed by atoms with Gasteiger partial charge in [-0.05, 0) is 42.8 Å². The Kier molecular flexibility index (Phi) is 3.78. The molecule has 6 nitrogen and oxygen atoms in total. The van der Waals surface area contributed by atoms with Gasteiger partial charge in [0.25, 0.3) is 5.91 Å². The Morgan fingerprint density at radius 3 is 2.80 bits per heavy atom. The SMILES string of the molecule is C[C@@H](NC(=O)c1ccc2nc[nH]c2c1)c1ccc(-n2ccnc2)cc1. The van der Waals surface area contributed by atoms with Crippen LogP contribution in [0.5, 0.6) is 0 Å². The third-order valence-electron chi connectivity index (χ3n) is 4.23. The molecule has 1 atom stereocenters. The van der Waals surface area contributed by atoms with Gasteiger partial charge in [-0.2, -0.15) is 0 Å². The van der Waals surface area contributed by atoms with Gasteiger partial charge in [0, 0.05) is 23.6 Å². The fourth-order valence-electron chi connectivity index (χ4n) is 2.79. The number of aromatic nitrogens is 4. The molecule has 0 bridgehead atoms. The fourth-order valence-corrected chi connectivity index (χ4v) is 2.79. The Morgan fingerprint density at radius 1 is 1.20 bits per heavy atom. The molecule has 0 unspecified atom stereocenters. The summed E-state index contributed by atoms with van der Waals surface area (Å²) in [5, 5.41) is 3.03. The number of H-pyrrole nitrogens is 1. The maximum absolute atomic E-state index is 12.5. The molecule has 0 saturated heterocycles. The van der Waals surface area contributed by atoms with Gasteiger partial charge >= 0.3 is 0 Å². The van der Waals surface area contributed by atoms with Crippen LogP contribution in [0.3, 0.4) is 0 Å². The molecule has 0 aliphatic carbocycles. The molecule has 2 aromatic carbocycles. The summed E-state index contributed by atoms with van der Waals surface area (Å²) in [4.78, 5) is 23.7. The van der Waals surface area contributed by atoms with E-state index in [1.165, 1.54) is 0 Å². The largest absolute Gasteiger partial charge is 0.346 e. The fraction of sp³-hybridized carbons (Fsp3) is 0.105. The van der Waals surface area contributed by atoms with Crippen LogP contribution in [0.15, 0.2) is 67.5 Å². The topological polar surface area (TPSA) is 75.6 Å². The van der Waals surface area contributed by atoms with E-state index >= 15 is 0 Å². The van der Waals surface area contributed by atoms with Crippen LogP contribution in [0, 0.1) is 0 Å². The van der Waals surface area contributed by atoms with Crippen LogP contribution < -0.4 is 5.32 Å². The minimum absolute atomic E-state index is 0.0956. The number of benzene rings is 2. The number of carbonyl (C=O) groups excluding carboxylic acids is 1. The molecule has 124 valence electrons. The van der Waals surface area contributed by atoms with Crippen LogP contribution in [-0.2, 0) is 0 Å². The summed E-state index contributed by atoms with van der Waals surface area (Å²) < 4.78 is 1.94. The van der Waals surface area contributed by atoms with E-state index in [1.54, 1.807) is 24.9 Å². The predicted molar refractivity (Wildman–Crippen MR) is 95.5 cm³/mol. The highest BCUT2D eigenvalue weighted by Gasteiger charge is 2.12. The van der Waals surface area contributed by atoms with E-state index in [1.807, 2.05) is 54.1 Å². The lowest BCUT2D eigenvalue weighted by molar-refractivity contribution is 0.0940. The van der Waals surface area contributed by atoms with E-state index in [4.69, 9.17) is 0 Å². The number of nitrogens with zero attached hydrogens (tertiary/aromatic N) is 3. The van der Waals surface area contributed by atoms with E-state index in [2.05, 4.69) is 20.3 Å². The van der Waals surface area contributed by atoms with Gasteiger partial charge in [0.2, 0.25) is 0 Å². The first-order chi connectivity index (χ1) is 12.2. The maximum atomic E-state index is 12.5.